The summed E-state index contributed by atoms with van der Waals surface area (Å²) < 4.78 is 1.04. The van der Waals surface area contributed by atoms with Gasteiger partial charge in [-0.2, -0.15) is 0 Å². The van der Waals surface area contributed by atoms with Crippen LogP contribution in [0.15, 0.2) is 28.7 Å². The molecule has 0 aliphatic carbocycles. The van der Waals surface area contributed by atoms with Crippen LogP contribution < -0.4 is 5.73 Å². The van der Waals surface area contributed by atoms with Crippen molar-refractivity contribution < 1.29 is 4.79 Å². The molecule has 0 saturated heterocycles. The Morgan fingerprint density at radius 2 is 1.93 bits per heavy atom. The highest BCUT2D eigenvalue weighted by atomic mass is 79.9. The Kier molecular flexibility index (Phi) is 6.56. The Balaban J connectivity index is 0.00000196. The molecule has 0 spiro atoms. The number of carbonyl (C=O) groups is 1. The normalized spacial score (nSPS) is 9.27. The van der Waals surface area contributed by atoms with Crippen molar-refractivity contribution >= 4 is 34.2 Å². The Morgan fingerprint density at radius 3 is 2.40 bits per heavy atom. The maximum absolute atomic E-state index is 11.2. The number of hydrogen-bond donors (Lipinski definition) is 1. The molecule has 3 nitrogen and oxygen atoms in total. The van der Waals surface area contributed by atoms with Gasteiger partial charge < -0.3 is 10.6 Å². The highest BCUT2D eigenvalue weighted by molar-refractivity contribution is 9.10. The SMILES string of the molecule is CN(Cc1ccc(Br)cc1)C(=O)CN.Cl. The van der Waals surface area contributed by atoms with Crippen LogP contribution >= 0.6 is 28.3 Å². The molecule has 5 heteroatoms. The number of benzene rings is 1. The Hall–Kier alpha value is -0.580. The summed E-state index contributed by atoms with van der Waals surface area (Å²) >= 11 is 3.35. The topological polar surface area (TPSA) is 46.3 Å². The molecular weight excluding hydrogens is 279 g/mol. The molecule has 0 fully saturated rings. The number of likely N-dealkylation sites (N-methyl/N-ethyl adjacent to an activating group) is 1. The lowest BCUT2D eigenvalue weighted by Gasteiger charge is -2.15. The lowest BCUT2D eigenvalue weighted by molar-refractivity contribution is -0.128. The fraction of sp³-hybridized carbons (Fsp3) is 0.300. The first-order valence-corrected chi connectivity index (χ1v) is 5.11. The third-order valence-electron chi connectivity index (χ3n) is 1.93. The molecule has 84 valence electrons. The molecule has 0 atom stereocenters. The number of halogens is 2. The van der Waals surface area contributed by atoms with E-state index in [2.05, 4.69) is 15.9 Å². The molecule has 0 unspecified atom stereocenters. The van der Waals surface area contributed by atoms with E-state index in [1.165, 1.54) is 0 Å². The van der Waals surface area contributed by atoms with Gasteiger partial charge in [0, 0.05) is 18.1 Å². The number of amides is 1. The van der Waals surface area contributed by atoms with E-state index >= 15 is 0 Å². The van der Waals surface area contributed by atoms with E-state index < -0.39 is 0 Å². The Bertz CT molecular complexity index is 316. The van der Waals surface area contributed by atoms with Crippen LogP contribution in [0.4, 0.5) is 0 Å². The maximum Gasteiger partial charge on any atom is 0.236 e. The number of hydrogen-bond acceptors (Lipinski definition) is 2. The molecule has 1 amide bonds. The number of nitrogens with two attached hydrogens (primary N) is 1. The molecule has 1 aromatic carbocycles. The minimum atomic E-state index is -0.0482. The molecule has 0 saturated carbocycles. The van der Waals surface area contributed by atoms with Gasteiger partial charge in [0.25, 0.3) is 0 Å². The minimum absolute atomic E-state index is 0. The van der Waals surface area contributed by atoms with Crippen LogP contribution in [0, 0.1) is 0 Å². The average molecular weight is 294 g/mol. The van der Waals surface area contributed by atoms with Crippen molar-refractivity contribution in [2.45, 2.75) is 6.54 Å². The minimum Gasteiger partial charge on any atom is -0.340 e. The third kappa shape index (κ3) is 4.64. The molecule has 15 heavy (non-hydrogen) atoms. The summed E-state index contributed by atoms with van der Waals surface area (Å²) in [5.41, 5.74) is 6.35. The molecule has 0 radical (unpaired) electrons. The summed E-state index contributed by atoms with van der Waals surface area (Å²) in [6, 6.07) is 7.86. The smallest absolute Gasteiger partial charge is 0.236 e. The zero-order valence-corrected chi connectivity index (χ0v) is 10.8. The zero-order chi connectivity index (χ0) is 10.6. The van der Waals surface area contributed by atoms with E-state index in [0.717, 1.165) is 10.0 Å². The highest BCUT2D eigenvalue weighted by Gasteiger charge is 2.05. The summed E-state index contributed by atoms with van der Waals surface area (Å²) in [5, 5.41) is 0. The monoisotopic (exact) mass is 292 g/mol. The van der Waals surface area contributed by atoms with Crippen LogP contribution in [0.2, 0.25) is 0 Å². The van der Waals surface area contributed by atoms with E-state index in [4.69, 9.17) is 5.73 Å². The molecule has 0 aliphatic heterocycles. The second-order valence-electron chi connectivity index (χ2n) is 3.08. The van der Waals surface area contributed by atoms with Gasteiger partial charge in [-0.25, -0.2) is 0 Å². The van der Waals surface area contributed by atoms with Gasteiger partial charge in [0.2, 0.25) is 5.91 Å². The van der Waals surface area contributed by atoms with Crippen LogP contribution in [0.1, 0.15) is 5.56 Å². The van der Waals surface area contributed by atoms with Gasteiger partial charge in [-0.05, 0) is 17.7 Å². The second kappa shape index (κ2) is 6.82. The van der Waals surface area contributed by atoms with Crippen molar-refractivity contribution in [3.8, 4) is 0 Å². The maximum atomic E-state index is 11.2. The summed E-state index contributed by atoms with van der Waals surface area (Å²) in [4.78, 5) is 12.8. The van der Waals surface area contributed by atoms with Gasteiger partial charge in [-0.3, -0.25) is 4.79 Å². The first-order chi connectivity index (χ1) is 6.63. The fourth-order valence-electron chi connectivity index (χ4n) is 1.11. The van der Waals surface area contributed by atoms with Crippen LogP contribution in [-0.4, -0.2) is 24.4 Å². The van der Waals surface area contributed by atoms with Gasteiger partial charge in [0.15, 0.2) is 0 Å². The van der Waals surface area contributed by atoms with Gasteiger partial charge in [0.1, 0.15) is 0 Å². The standard InChI is InChI=1S/C10H13BrN2O.ClH/c1-13(10(14)6-12)7-8-2-4-9(11)5-3-8;/h2-5H,6-7,12H2,1H3;1H. The average Bonchev–Trinajstić information content (AvgIpc) is 2.20. The van der Waals surface area contributed by atoms with Gasteiger partial charge >= 0.3 is 0 Å². The van der Waals surface area contributed by atoms with Crippen LogP contribution in [-0.2, 0) is 11.3 Å². The number of nitrogens with zero attached hydrogens (tertiary/aromatic N) is 1. The van der Waals surface area contributed by atoms with Gasteiger partial charge in [0.05, 0.1) is 6.54 Å². The lowest BCUT2D eigenvalue weighted by Crippen LogP contribution is -2.32. The highest BCUT2D eigenvalue weighted by Crippen LogP contribution is 2.11. The van der Waals surface area contributed by atoms with E-state index in [1.54, 1.807) is 11.9 Å². The van der Waals surface area contributed by atoms with E-state index in [0.29, 0.717) is 6.54 Å². The molecule has 1 aromatic rings. The fourth-order valence-corrected chi connectivity index (χ4v) is 1.37. The first-order valence-electron chi connectivity index (χ1n) is 4.32. The van der Waals surface area contributed by atoms with Gasteiger partial charge in [-0.1, -0.05) is 28.1 Å². The molecule has 0 heterocycles. The summed E-state index contributed by atoms with van der Waals surface area (Å²) in [7, 11) is 1.75. The van der Waals surface area contributed by atoms with E-state index in [-0.39, 0.29) is 24.9 Å². The molecule has 1 rings (SSSR count). The van der Waals surface area contributed by atoms with Crippen molar-refractivity contribution in [2.24, 2.45) is 5.73 Å². The lowest BCUT2D eigenvalue weighted by atomic mass is 10.2. The van der Waals surface area contributed by atoms with Crippen molar-refractivity contribution in [3.05, 3.63) is 34.3 Å². The first kappa shape index (κ1) is 14.4. The predicted molar refractivity (Wildman–Crippen MR) is 66.9 cm³/mol. The van der Waals surface area contributed by atoms with E-state index in [1.807, 2.05) is 24.3 Å². The van der Waals surface area contributed by atoms with Crippen molar-refractivity contribution in [2.75, 3.05) is 13.6 Å². The summed E-state index contributed by atoms with van der Waals surface area (Å²) in [6.07, 6.45) is 0. The molecule has 0 aromatic heterocycles. The van der Waals surface area contributed by atoms with Crippen LogP contribution in [0.5, 0.6) is 0 Å². The molecular formula is C10H14BrClN2O. The zero-order valence-electron chi connectivity index (χ0n) is 8.44. The summed E-state index contributed by atoms with van der Waals surface area (Å²) in [6.45, 7) is 0.663. The Morgan fingerprint density at radius 1 is 1.40 bits per heavy atom. The second-order valence-corrected chi connectivity index (χ2v) is 4.00. The largest absolute Gasteiger partial charge is 0.340 e. The molecule has 0 aliphatic rings. The molecule has 2 N–H and O–H groups in total. The number of rotatable bonds is 3. The van der Waals surface area contributed by atoms with Crippen molar-refractivity contribution in [3.63, 3.8) is 0 Å². The summed E-state index contributed by atoms with van der Waals surface area (Å²) in [5.74, 6) is -0.0482. The number of carbonyl (C=O) groups excluding carboxylic acids is 1. The third-order valence-corrected chi connectivity index (χ3v) is 2.46. The predicted octanol–water partition coefficient (Wildman–Crippen LogP) is 1.79. The van der Waals surface area contributed by atoms with Crippen molar-refractivity contribution in [1.82, 2.24) is 4.90 Å². The quantitative estimate of drug-likeness (QED) is 0.923. The van der Waals surface area contributed by atoms with Gasteiger partial charge in [-0.15, -0.1) is 12.4 Å². The van der Waals surface area contributed by atoms with Crippen molar-refractivity contribution in [1.29, 1.82) is 0 Å². The van der Waals surface area contributed by atoms with E-state index in [9.17, 15) is 4.79 Å². The Labute approximate surface area is 104 Å². The molecule has 0 bridgehead atoms. The van der Waals surface area contributed by atoms with Crippen LogP contribution in [0.3, 0.4) is 0 Å². The van der Waals surface area contributed by atoms with Crippen LogP contribution in [0.25, 0.3) is 0 Å².